The summed E-state index contributed by atoms with van der Waals surface area (Å²) in [6.07, 6.45) is 0. The van der Waals surface area contributed by atoms with E-state index in [0.717, 1.165) is 0 Å². The molecule has 0 saturated heterocycles. The van der Waals surface area contributed by atoms with Gasteiger partial charge in [-0.25, -0.2) is 0 Å². The number of hydrogen-bond donors (Lipinski definition) is 1. The molecule has 0 radical (unpaired) electrons. The molecule has 0 spiro atoms. The Morgan fingerprint density at radius 2 is 0.730 bits per heavy atom. The zero-order chi connectivity index (χ0) is 24.3. The maximum atomic E-state index is 3.59. The van der Waals surface area contributed by atoms with E-state index in [-0.39, 0.29) is 0 Å². The molecule has 0 unspecified atom stereocenters. The molecule has 172 valence electrons. The number of aromatic amines is 1. The maximum absolute atomic E-state index is 3.59. The molecule has 0 atom stereocenters. The average molecular weight is 470 g/mol. The van der Waals surface area contributed by atoms with Gasteiger partial charge in [-0.15, -0.1) is 0 Å². The number of benzene rings is 7. The summed E-state index contributed by atoms with van der Waals surface area (Å²) in [5, 5.41) is 10.4. The van der Waals surface area contributed by atoms with Crippen molar-refractivity contribution in [2.45, 2.75) is 0 Å². The van der Waals surface area contributed by atoms with Crippen LogP contribution in [0.1, 0.15) is 0 Å². The molecule has 1 N–H and O–H groups in total. The lowest BCUT2D eigenvalue weighted by atomic mass is 9.91. The van der Waals surface area contributed by atoms with Crippen molar-refractivity contribution in [2.75, 3.05) is 0 Å². The molecule has 0 bridgehead atoms. The van der Waals surface area contributed by atoms with E-state index in [4.69, 9.17) is 0 Å². The predicted molar refractivity (Wildman–Crippen MR) is 159 cm³/mol. The van der Waals surface area contributed by atoms with Crippen LogP contribution in [0, 0.1) is 0 Å². The highest BCUT2D eigenvalue weighted by atomic mass is 14.7. The fraction of sp³-hybridized carbons (Fsp3) is 0. The van der Waals surface area contributed by atoms with Gasteiger partial charge in [0.25, 0.3) is 0 Å². The molecule has 7 aromatic carbocycles. The average Bonchev–Trinajstić information content (AvgIpc) is 3.35. The van der Waals surface area contributed by atoms with Crippen LogP contribution in [0.4, 0.5) is 0 Å². The minimum absolute atomic E-state index is 1.17. The molecular weight excluding hydrogens is 446 g/mol. The predicted octanol–water partition coefficient (Wildman–Crippen LogP) is 10.1. The van der Waals surface area contributed by atoms with Crippen LogP contribution < -0.4 is 0 Å². The number of nitrogens with one attached hydrogen (secondary N) is 1. The first-order chi connectivity index (χ1) is 18.3. The Balaban J connectivity index is 1.30. The topological polar surface area (TPSA) is 15.8 Å². The van der Waals surface area contributed by atoms with Crippen molar-refractivity contribution in [3.05, 3.63) is 133 Å². The zero-order valence-electron chi connectivity index (χ0n) is 20.2. The normalized spacial score (nSPS) is 11.8. The molecule has 1 heteroatoms. The Morgan fingerprint density at radius 3 is 1.41 bits per heavy atom. The molecule has 0 fully saturated rings. The number of para-hydroxylation sites is 1. The van der Waals surface area contributed by atoms with Gasteiger partial charge in [0.1, 0.15) is 0 Å². The lowest BCUT2D eigenvalue weighted by Crippen LogP contribution is -1.86. The quantitative estimate of drug-likeness (QED) is 0.242. The molecule has 0 aliphatic rings. The summed E-state index contributed by atoms with van der Waals surface area (Å²) >= 11 is 0. The minimum atomic E-state index is 1.17. The Hall–Kier alpha value is -4.88. The monoisotopic (exact) mass is 469 g/mol. The number of aromatic nitrogens is 1. The van der Waals surface area contributed by atoms with E-state index in [1.54, 1.807) is 0 Å². The number of rotatable bonds is 2. The third-order valence-corrected chi connectivity index (χ3v) is 7.78. The first-order valence-electron chi connectivity index (χ1n) is 12.8. The third kappa shape index (κ3) is 3.11. The van der Waals surface area contributed by atoms with E-state index < -0.39 is 0 Å². The minimum Gasteiger partial charge on any atom is -0.354 e. The van der Waals surface area contributed by atoms with Crippen molar-refractivity contribution in [3.63, 3.8) is 0 Å². The van der Waals surface area contributed by atoms with Crippen LogP contribution in [0.5, 0.6) is 0 Å². The van der Waals surface area contributed by atoms with E-state index in [1.165, 1.54) is 76.4 Å². The van der Waals surface area contributed by atoms with E-state index in [2.05, 4.69) is 138 Å². The maximum Gasteiger partial charge on any atom is 0.0471 e. The highest BCUT2D eigenvalue weighted by molar-refractivity contribution is 6.25. The highest BCUT2D eigenvalue weighted by Gasteiger charge is 2.11. The molecular formula is C36H23N. The molecule has 37 heavy (non-hydrogen) atoms. The van der Waals surface area contributed by atoms with Crippen LogP contribution in [0.25, 0.3) is 76.4 Å². The van der Waals surface area contributed by atoms with Crippen LogP contribution in [0.3, 0.4) is 0 Å². The van der Waals surface area contributed by atoms with Gasteiger partial charge in [0.15, 0.2) is 0 Å². The van der Waals surface area contributed by atoms with Gasteiger partial charge in [-0.2, -0.15) is 0 Å². The number of fused-ring (bicyclic) bond motifs is 9. The second kappa shape index (κ2) is 7.81. The van der Waals surface area contributed by atoms with Gasteiger partial charge in [-0.3, -0.25) is 0 Å². The Bertz CT molecular complexity index is 2110. The van der Waals surface area contributed by atoms with E-state index in [0.29, 0.717) is 0 Å². The van der Waals surface area contributed by atoms with Gasteiger partial charge in [-0.05, 0) is 78.8 Å². The van der Waals surface area contributed by atoms with Gasteiger partial charge >= 0.3 is 0 Å². The summed E-state index contributed by atoms with van der Waals surface area (Å²) in [6.45, 7) is 0. The molecule has 8 rings (SSSR count). The molecule has 8 aromatic rings. The SMILES string of the molecule is c1cc(-c2ccc3c(c2)[nH]c2ccccc23)cc(-c2ccc3c4ccccc4c4ccccc4c3c2)c1. The van der Waals surface area contributed by atoms with Crippen molar-refractivity contribution < 1.29 is 0 Å². The Labute approximate surface area is 214 Å². The Morgan fingerprint density at radius 1 is 0.270 bits per heavy atom. The van der Waals surface area contributed by atoms with Crippen LogP contribution >= 0.6 is 0 Å². The first kappa shape index (κ1) is 20.3. The van der Waals surface area contributed by atoms with Crippen LogP contribution in [-0.4, -0.2) is 4.98 Å². The summed E-state index contributed by atoms with van der Waals surface area (Å²) in [5.41, 5.74) is 7.27. The largest absolute Gasteiger partial charge is 0.354 e. The first-order valence-corrected chi connectivity index (χ1v) is 12.8. The molecule has 0 amide bonds. The molecule has 0 aliphatic heterocycles. The molecule has 1 aromatic heterocycles. The van der Waals surface area contributed by atoms with Crippen LogP contribution in [0.2, 0.25) is 0 Å². The van der Waals surface area contributed by atoms with E-state index in [1.807, 2.05) is 0 Å². The van der Waals surface area contributed by atoms with Crippen molar-refractivity contribution in [2.24, 2.45) is 0 Å². The molecule has 1 nitrogen and oxygen atoms in total. The fourth-order valence-electron chi connectivity index (χ4n) is 6.00. The van der Waals surface area contributed by atoms with Gasteiger partial charge in [0, 0.05) is 21.8 Å². The van der Waals surface area contributed by atoms with Gasteiger partial charge in [-0.1, -0.05) is 109 Å². The summed E-state index contributed by atoms with van der Waals surface area (Å²) in [5.74, 6) is 0. The van der Waals surface area contributed by atoms with E-state index in [9.17, 15) is 0 Å². The standard InChI is InChI=1S/C36H23N/c1-2-12-29-27(10-1)28-11-3-4-13-30(28)34-21-25(16-18-31(29)34)23-8-7-9-24(20-23)26-17-19-33-32-14-5-6-15-35(32)37-36(33)22-26/h1-22,37H. The summed E-state index contributed by atoms with van der Waals surface area (Å²) in [4.78, 5) is 3.59. The van der Waals surface area contributed by atoms with Gasteiger partial charge < -0.3 is 4.98 Å². The fourth-order valence-corrected chi connectivity index (χ4v) is 6.00. The second-order valence-corrected chi connectivity index (χ2v) is 9.86. The highest BCUT2D eigenvalue weighted by Crippen LogP contribution is 2.38. The van der Waals surface area contributed by atoms with Crippen LogP contribution in [0.15, 0.2) is 133 Å². The van der Waals surface area contributed by atoms with E-state index >= 15 is 0 Å². The summed E-state index contributed by atoms with van der Waals surface area (Å²) in [6, 6.07) is 48.6. The molecule has 1 heterocycles. The van der Waals surface area contributed by atoms with Crippen molar-refractivity contribution in [1.29, 1.82) is 0 Å². The second-order valence-electron chi connectivity index (χ2n) is 9.86. The Kier molecular flexibility index (Phi) is 4.29. The smallest absolute Gasteiger partial charge is 0.0471 e. The van der Waals surface area contributed by atoms with Gasteiger partial charge in [0.2, 0.25) is 0 Å². The zero-order valence-corrected chi connectivity index (χ0v) is 20.2. The van der Waals surface area contributed by atoms with Gasteiger partial charge in [0.05, 0.1) is 0 Å². The summed E-state index contributed by atoms with van der Waals surface area (Å²) < 4.78 is 0. The van der Waals surface area contributed by atoms with Crippen molar-refractivity contribution >= 4 is 54.1 Å². The molecule has 0 saturated carbocycles. The number of H-pyrrole nitrogens is 1. The summed E-state index contributed by atoms with van der Waals surface area (Å²) in [7, 11) is 0. The molecule has 0 aliphatic carbocycles. The lowest BCUT2D eigenvalue weighted by molar-refractivity contribution is 1.54. The number of hydrogen-bond acceptors (Lipinski definition) is 0. The van der Waals surface area contributed by atoms with Crippen LogP contribution in [-0.2, 0) is 0 Å². The lowest BCUT2D eigenvalue weighted by Gasteiger charge is -2.12. The third-order valence-electron chi connectivity index (χ3n) is 7.78. The van der Waals surface area contributed by atoms with Crippen molar-refractivity contribution in [3.8, 4) is 22.3 Å². The van der Waals surface area contributed by atoms with Crippen molar-refractivity contribution in [1.82, 2.24) is 4.98 Å².